The second-order valence-corrected chi connectivity index (χ2v) is 6.88. The third kappa shape index (κ3) is 4.40. The molecule has 1 aliphatic rings. The first kappa shape index (κ1) is 18.4. The molecule has 0 aliphatic carbocycles. The Bertz CT molecular complexity index is 745. The lowest BCUT2D eigenvalue weighted by Crippen LogP contribution is -2.31. The Balaban J connectivity index is 1.51. The summed E-state index contributed by atoms with van der Waals surface area (Å²) in [4.78, 5) is 12.4. The lowest BCUT2D eigenvalue weighted by Gasteiger charge is -2.23. The van der Waals surface area contributed by atoms with Crippen LogP contribution in [0.4, 0.5) is 0 Å². The summed E-state index contributed by atoms with van der Waals surface area (Å²) in [6, 6.07) is 6.40. The molecule has 1 amide bonds. The van der Waals surface area contributed by atoms with Gasteiger partial charge in [-0.15, -0.1) is 5.10 Å². The van der Waals surface area contributed by atoms with Crippen LogP contribution >= 0.6 is 0 Å². The fraction of sp³-hybridized carbons (Fsp3) is 0.526. The summed E-state index contributed by atoms with van der Waals surface area (Å²) in [6.45, 7) is 8.76. The van der Waals surface area contributed by atoms with Crippen molar-refractivity contribution >= 4 is 5.91 Å². The van der Waals surface area contributed by atoms with E-state index in [0.29, 0.717) is 24.9 Å². The van der Waals surface area contributed by atoms with Gasteiger partial charge in [-0.2, -0.15) is 0 Å². The molecule has 3 rings (SSSR count). The molecular weight excluding hydrogens is 330 g/mol. The van der Waals surface area contributed by atoms with E-state index in [9.17, 15) is 4.79 Å². The van der Waals surface area contributed by atoms with E-state index < -0.39 is 0 Å². The fourth-order valence-electron chi connectivity index (χ4n) is 3.38. The highest BCUT2D eigenvalue weighted by molar-refractivity contribution is 5.93. The molecule has 0 spiro atoms. The van der Waals surface area contributed by atoms with Gasteiger partial charge in [0.05, 0.1) is 18.3 Å². The van der Waals surface area contributed by atoms with Crippen LogP contribution in [0.5, 0.6) is 5.75 Å². The summed E-state index contributed by atoms with van der Waals surface area (Å²) < 4.78 is 7.61. The number of carbonyl (C=O) groups is 1. The number of ether oxygens (including phenoxy) is 1. The van der Waals surface area contributed by atoms with Gasteiger partial charge in [0.2, 0.25) is 0 Å². The van der Waals surface area contributed by atoms with Crippen LogP contribution in [0.2, 0.25) is 0 Å². The molecular formula is C19H27N5O2. The van der Waals surface area contributed by atoms with Crippen LogP contribution in [0.3, 0.4) is 0 Å². The molecule has 7 nitrogen and oxygen atoms in total. The van der Waals surface area contributed by atoms with E-state index in [4.69, 9.17) is 4.74 Å². The molecule has 26 heavy (non-hydrogen) atoms. The van der Waals surface area contributed by atoms with Crippen molar-refractivity contribution in [3.63, 3.8) is 0 Å². The average Bonchev–Trinajstić information content (AvgIpc) is 3.00. The van der Waals surface area contributed by atoms with Gasteiger partial charge >= 0.3 is 0 Å². The van der Waals surface area contributed by atoms with Crippen LogP contribution in [-0.4, -0.2) is 47.1 Å². The molecule has 7 heteroatoms. The first-order valence-corrected chi connectivity index (χ1v) is 9.16. The molecule has 2 aromatic rings. The molecule has 1 aliphatic heterocycles. The summed E-state index contributed by atoms with van der Waals surface area (Å²) in [6.07, 6.45) is 2.02. The molecule has 0 bridgehead atoms. The number of rotatable bonds is 6. The van der Waals surface area contributed by atoms with Gasteiger partial charge in [0, 0.05) is 0 Å². The summed E-state index contributed by atoms with van der Waals surface area (Å²) in [5.41, 5.74) is 3.54. The monoisotopic (exact) mass is 357 g/mol. The van der Waals surface area contributed by atoms with E-state index in [2.05, 4.69) is 27.0 Å². The summed E-state index contributed by atoms with van der Waals surface area (Å²) in [5, 5.41) is 14.5. The SMILES string of the molecule is Cc1cc(C)cc(OCCNC(=O)c2nnn(C3CCNCC3)c2C)c1. The van der Waals surface area contributed by atoms with Crippen LogP contribution < -0.4 is 15.4 Å². The summed E-state index contributed by atoms with van der Waals surface area (Å²) in [7, 11) is 0. The zero-order valence-corrected chi connectivity index (χ0v) is 15.7. The lowest BCUT2D eigenvalue weighted by atomic mass is 10.1. The van der Waals surface area contributed by atoms with Crippen molar-refractivity contribution in [3.05, 3.63) is 40.7 Å². The molecule has 1 aromatic carbocycles. The van der Waals surface area contributed by atoms with Gasteiger partial charge in [-0.1, -0.05) is 11.3 Å². The van der Waals surface area contributed by atoms with Gasteiger partial charge in [0.25, 0.3) is 5.91 Å². The molecule has 0 unspecified atom stereocenters. The number of aryl methyl sites for hydroxylation is 2. The van der Waals surface area contributed by atoms with E-state index in [1.807, 2.05) is 37.6 Å². The second kappa shape index (κ2) is 8.31. The van der Waals surface area contributed by atoms with Gasteiger partial charge in [0.15, 0.2) is 5.69 Å². The quantitative estimate of drug-likeness (QED) is 0.772. The molecule has 0 atom stereocenters. The zero-order chi connectivity index (χ0) is 18.5. The molecule has 0 saturated carbocycles. The molecule has 140 valence electrons. The molecule has 2 heterocycles. The maximum atomic E-state index is 12.4. The molecule has 2 N–H and O–H groups in total. The smallest absolute Gasteiger partial charge is 0.273 e. The van der Waals surface area contributed by atoms with Crippen LogP contribution in [0.25, 0.3) is 0 Å². The van der Waals surface area contributed by atoms with Crippen molar-refractivity contribution in [1.29, 1.82) is 0 Å². The number of piperidine rings is 1. The van der Waals surface area contributed by atoms with E-state index in [1.165, 1.54) is 0 Å². The Hall–Kier alpha value is -2.41. The maximum absolute atomic E-state index is 12.4. The van der Waals surface area contributed by atoms with Crippen molar-refractivity contribution in [2.75, 3.05) is 26.2 Å². The average molecular weight is 357 g/mol. The molecule has 0 radical (unpaired) electrons. The first-order valence-electron chi connectivity index (χ1n) is 9.16. The highest BCUT2D eigenvalue weighted by Crippen LogP contribution is 2.20. The number of hydrogen-bond acceptors (Lipinski definition) is 5. The predicted octanol–water partition coefficient (Wildman–Crippen LogP) is 1.94. The van der Waals surface area contributed by atoms with Crippen molar-refractivity contribution in [2.45, 2.75) is 39.7 Å². The van der Waals surface area contributed by atoms with Crippen LogP contribution in [0.1, 0.15) is 46.2 Å². The largest absolute Gasteiger partial charge is 0.492 e. The Morgan fingerprint density at radius 2 is 1.92 bits per heavy atom. The normalized spacial score (nSPS) is 15.0. The Kier molecular flexibility index (Phi) is 5.88. The van der Waals surface area contributed by atoms with Gasteiger partial charge in [-0.3, -0.25) is 4.79 Å². The second-order valence-electron chi connectivity index (χ2n) is 6.88. The fourth-order valence-corrected chi connectivity index (χ4v) is 3.38. The van der Waals surface area contributed by atoms with Crippen molar-refractivity contribution < 1.29 is 9.53 Å². The number of carbonyl (C=O) groups excluding carboxylic acids is 1. The van der Waals surface area contributed by atoms with E-state index in [0.717, 1.165) is 48.5 Å². The number of amides is 1. The van der Waals surface area contributed by atoms with Gasteiger partial charge in [-0.25, -0.2) is 4.68 Å². The van der Waals surface area contributed by atoms with Crippen molar-refractivity contribution in [3.8, 4) is 5.75 Å². The van der Waals surface area contributed by atoms with Gasteiger partial charge in [-0.05, 0) is 70.0 Å². The Morgan fingerprint density at radius 3 is 2.62 bits per heavy atom. The minimum atomic E-state index is -0.202. The van der Waals surface area contributed by atoms with E-state index in [-0.39, 0.29) is 5.91 Å². The number of nitrogens with one attached hydrogen (secondary N) is 2. The highest BCUT2D eigenvalue weighted by Gasteiger charge is 2.22. The van der Waals surface area contributed by atoms with Crippen molar-refractivity contribution in [1.82, 2.24) is 25.6 Å². The third-order valence-corrected chi connectivity index (χ3v) is 4.65. The first-order chi connectivity index (χ1) is 12.5. The third-order valence-electron chi connectivity index (χ3n) is 4.65. The van der Waals surface area contributed by atoms with Crippen LogP contribution in [0, 0.1) is 20.8 Å². The lowest BCUT2D eigenvalue weighted by molar-refractivity contribution is 0.0941. The van der Waals surface area contributed by atoms with Crippen LogP contribution in [0.15, 0.2) is 18.2 Å². The summed E-state index contributed by atoms with van der Waals surface area (Å²) >= 11 is 0. The number of nitrogens with zero attached hydrogens (tertiary/aromatic N) is 3. The minimum absolute atomic E-state index is 0.202. The van der Waals surface area contributed by atoms with Crippen molar-refractivity contribution in [2.24, 2.45) is 0 Å². The number of aromatic nitrogens is 3. The van der Waals surface area contributed by atoms with Crippen LogP contribution in [-0.2, 0) is 0 Å². The van der Waals surface area contributed by atoms with Gasteiger partial charge < -0.3 is 15.4 Å². The standard InChI is InChI=1S/C19H27N5O2/c1-13-10-14(2)12-17(11-13)26-9-8-21-19(25)18-15(3)24(23-22-18)16-4-6-20-7-5-16/h10-12,16,20H,4-9H2,1-3H3,(H,21,25). The Morgan fingerprint density at radius 1 is 1.23 bits per heavy atom. The summed E-state index contributed by atoms with van der Waals surface area (Å²) in [5.74, 6) is 0.622. The number of hydrogen-bond donors (Lipinski definition) is 2. The number of benzene rings is 1. The zero-order valence-electron chi connectivity index (χ0n) is 15.7. The topological polar surface area (TPSA) is 81.1 Å². The predicted molar refractivity (Wildman–Crippen MR) is 99.6 cm³/mol. The molecule has 1 fully saturated rings. The Labute approximate surface area is 154 Å². The van der Waals surface area contributed by atoms with E-state index in [1.54, 1.807) is 0 Å². The highest BCUT2D eigenvalue weighted by atomic mass is 16.5. The maximum Gasteiger partial charge on any atom is 0.273 e. The minimum Gasteiger partial charge on any atom is -0.492 e. The molecule has 1 aromatic heterocycles. The molecule has 1 saturated heterocycles. The van der Waals surface area contributed by atoms with Gasteiger partial charge in [0.1, 0.15) is 12.4 Å². The van der Waals surface area contributed by atoms with E-state index >= 15 is 0 Å².